The lowest BCUT2D eigenvalue weighted by Gasteiger charge is -2.14. The van der Waals surface area contributed by atoms with Gasteiger partial charge in [-0.3, -0.25) is 4.79 Å². The minimum absolute atomic E-state index is 0.162. The molecule has 0 spiro atoms. The molecule has 0 N–H and O–H groups in total. The Balaban J connectivity index is 3.72. The van der Waals surface area contributed by atoms with Crippen molar-refractivity contribution in [2.75, 3.05) is 0 Å². The summed E-state index contributed by atoms with van der Waals surface area (Å²) in [5.74, 6) is 0. The van der Waals surface area contributed by atoms with Crippen molar-refractivity contribution in [2.24, 2.45) is 0 Å². The predicted octanol–water partition coefficient (Wildman–Crippen LogP) is 2.72. The van der Waals surface area contributed by atoms with Gasteiger partial charge >= 0.3 is 6.18 Å². The molecule has 0 saturated carbocycles. The maximum atomic E-state index is 12.5. The average Bonchev–Trinajstić information content (AvgIpc) is 2.25. The van der Waals surface area contributed by atoms with Crippen LogP contribution >= 0.6 is 0 Å². The quantitative estimate of drug-likeness (QED) is 0.599. The zero-order valence-electron chi connectivity index (χ0n) is 7.92. The molecule has 17 heavy (non-hydrogen) atoms. The number of aldehydes is 1. The van der Waals surface area contributed by atoms with Crippen LogP contribution in [0, 0.1) is 11.3 Å². The van der Waals surface area contributed by atoms with E-state index in [1.54, 1.807) is 0 Å². The summed E-state index contributed by atoms with van der Waals surface area (Å²) in [5.41, 5.74) is -5.44. The third-order valence-electron chi connectivity index (χ3n) is 1.88. The molecular weight excluding hydrogens is 247 g/mol. The van der Waals surface area contributed by atoms with Crippen molar-refractivity contribution in [3.63, 3.8) is 0 Å². The van der Waals surface area contributed by atoms with E-state index in [0.29, 0.717) is 6.20 Å². The van der Waals surface area contributed by atoms with Crippen LogP contribution in [0.25, 0.3) is 0 Å². The van der Waals surface area contributed by atoms with Crippen LogP contribution in [0.5, 0.6) is 0 Å². The van der Waals surface area contributed by atoms with Crippen LogP contribution in [0.15, 0.2) is 6.20 Å². The lowest BCUT2D eigenvalue weighted by molar-refractivity contribution is -0.140. The van der Waals surface area contributed by atoms with E-state index in [-0.39, 0.29) is 6.29 Å². The van der Waals surface area contributed by atoms with Crippen molar-refractivity contribution in [1.82, 2.24) is 4.98 Å². The van der Waals surface area contributed by atoms with Gasteiger partial charge in [-0.2, -0.15) is 18.4 Å². The Labute approximate surface area is 91.5 Å². The molecule has 0 saturated heterocycles. The van der Waals surface area contributed by atoms with Gasteiger partial charge in [-0.15, -0.1) is 0 Å². The molecule has 0 aliphatic carbocycles. The van der Waals surface area contributed by atoms with E-state index >= 15 is 0 Å². The van der Waals surface area contributed by atoms with Gasteiger partial charge in [-0.05, 0) is 0 Å². The van der Waals surface area contributed by atoms with Gasteiger partial charge in [0.05, 0.1) is 0 Å². The van der Waals surface area contributed by atoms with Gasteiger partial charge in [0.1, 0.15) is 11.6 Å². The molecule has 1 heterocycles. The Bertz CT molecular complexity index is 489. The molecule has 1 aromatic rings. The van der Waals surface area contributed by atoms with Crippen LogP contribution < -0.4 is 0 Å². The number of nitriles is 1. The zero-order chi connectivity index (χ0) is 13.2. The molecule has 1 rings (SSSR count). The summed E-state index contributed by atoms with van der Waals surface area (Å²) >= 11 is 0. The number of aromatic nitrogens is 1. The van der Waals surface area contributed by atoms with Crippen molar-refractivity contribution in [3.8, 4) is 6.07 Å². The van der Waals surface area contributed by atoms with Gasteiger partial charge in [0.2, 0.25) is 0 Å². The average molecular weight is 250 g/mol. The number of halogens is 5. The first-order valence-electron chi connectivity index (χ1n) is 4.06. The minimum atomic E-state index is -5.18. The molecule has 0 fully saturated rings. The lowest BCUT2D eigenvalue weighted by atomic mass is 10.0. The monoisotopic (exact) mass is 250 g/mol. The molecule has 3 nitrogen and oxygen atoms in total. The van der Waals surface area contributed by atoms with E-state index in [1.165, 1.54) is 0 Å². The number of rotatable bonds is 2. The van der Waals surface area contributed by atoms with E-state index in [1.807, 2.05) is 0 Å². The first-order valence-corrected chi connectivity index (χ1v) is 4.06. The van der Waals surface area contributed by atoms with Crippen LogP contribution in [-0.2, 0) is 6.18 Å². The SMILES string of the molecule is N#Cc1ncc(C=O)c(C(F)F)c1C(F)(F)F. The van der Waals surface area contributed by atoms with Gasteiger partial charge in [0.15, 0.2) is 12.0 Å². The molecule has 0 amide bonds. The van der Waals surface area contributed by atoms with Gasteiger partial charge in [-0.25, -0.2) is 13.8 Å². The van der Waals surface area contributed by atoms with Crippen LogP contribution in [0.4, 0.5) is 22.0 Å². The highest BCUT2D eigenvalue weighted by molar-refractivity contribution is 5.78. The smallest absolute Gasteiger partial charge is 0.298 e. The normalized spacial score (nSPS) is 11.4. The number of alkyl halides is 5. The number of pyridine rings is 1. The second kappa shape index (κ2) is 4.45. The Morgan fingerprint density at radius 3 is 2.35 bits per heavy atom. The maximum absolute atomic E-state index is 12.5. The topological polar surface area (TPSA) is 53.8 Å². The summed E-state index contributed by atoms with van der Waals surface area (Å²) in [6, 6.07) is 1.07. The Hall–Kier alpha value is -2.04. The van der Waals surface area contributed by atoms with Gasteiger partial charge in [-0.1, -0.05) is 0 Å². The molecular formula is C9H3F5N2O. The predicted molar refractivity (Wildman–Crippen MR) is 44.3 cm³/mol. The van der Waals surface area contributed by atoms with E-state index in [4.69, 9.17) is 5.26 Å². The zero-order valence-corrected chi connectivity index (χ0v) is 7.92. The molecule has 0 bridgehead atoms. The highest BCUT2D eigenvalue weighted by atomic mass is 19.4. The van der Waals surface area contributed by atoms with Crippen molar-refractivity contribution >= 4 is 6.29 Å². The Morgan fingerprint density at radius 2 is 2.00 bits per heavy atom. The van der Waals surface area contributed by atoms with Crippen molar-refractivity contribution in [3.05, 3.63) is 28.6 Å². The van der Waals surface area contributed by atoms with Crippen molar-refractivity contribution < 1.29 is 26.7 Å². The van der Waals surface area contributed by atoms with Crippen molar-refractivity contribution in [1.29, 1.82) is 5.26 Å². The summed E-state index contributed by atoms with van der Waals surface area (Å²) < 4.78 is 62.6. The van der Waals surface area contributed by atoms with Gasteiger partial charge in [0.25, 0.3) is 6.43 Å². The number of carbonyl (C=O) groups is 1. The molecule has 0 aliphatic heterocycles. The van der Waals surface area contributed by atoms with E-state index in [0.717, 1.165) is 6.07 Å². The lowest BCUT2D eigenvalue weighted by Crippen LogP contribution is -2.15. The van der Waals surface area contributed by atoms with Crippen LogP contribution in [-0.4, -0.2) is 11.3 Å². The number of carbonyl (C=O) groups excluding carboxylic acids is 1. The number of hydrogen-bond acceptors (Lipinski definition) is 3. The summed E-state index contributed by atoms with van der Waals surface area (Å²) in [4.78, 5) is 13.4. The Kier molecular flexibility index (Phi) is 3.41. The van der Waals surface area contributed by atoms with Crippen LogP contribution in [0.2, 0.25) is 0 Å². The number of hydrogen-bond donors (Lipinski definition) is 0. The summed E-state index contributed by atoms with van der Waals surface area (Å²) in [7, 11) is 0. The van der Waals surface area contributed by atoms with E-state index in [2.05, 4.69) is 4.98 Å². The fraction of sp³-hybridized carbons (Fsp3) is 0.222. The van der Waals surface area contributed by atoms with Gasteiger partial charge < -0.3 is 0 Å². The maximum Gasteiger partial charge on any atom is 0.419 e. The van der Waals surface area contributed by atoms with Crippen LogP contribution in [0.1, 0.15) is 33.6 Å². The molecule has 90 valence electrons. The molecule has 1 aromatic heterocycles. The van der Waals surface area contributed by atoms with E-state index in [9.17, 15) is 26.7 Å². The summed E-state index contributed by atoms with van der Waals surface area (Å²) in [5, 5.41) is 8.41. The summed E-state index contributed by atoms with van der Waals surface area (Å²) in [6.45, 7) is 0. The minimum Gasteiger partial charge on any atom is -0.298 e. The largest absolute Gasteiger partial charge is 0.419 e. The van der Waals surface area contributed by atoms with Crippen molar-refractivity contribution in [2.45, 2.75) is 12.6 Å². The number of nitrogens with zero attached hydrogens (tertiary/aromatic N) is 2. The fourth-order valence-electron chi connectivity index (χ4n) is 1.24. The third-order valence-corrected chi connectivity index (χ3v) is 1.88. The first kappa shape index (κ1) is 13.0. The molecule has 0 aromatic carbocycles. The molecule has 0 unspecified atom stereocenters. The molecule has 8 heteroatoms. The first-order chi connectivity index (χ1) is 7.82. The third kappa shape index (κ3) is 2.38. The summed E-state index contributed by atoms with van der Waals surface area (Å²) in [6.07, 6.45) is -8.35. The van der Waals surface area contributed by atoms with E-state index < -0.39 is 35.0 Å². The molecule has 0 radical (unpaired) electrons. The Morgan fingerprint density at radius 1 is 1.41 bits per heavy atom. The highest BCUT2D eigenvalue weighted by Crippen LogP contribution is 2.38. The standard InChI is InChI=1S/C9H3F5N2O/c10-8(11)6-4(3-17)2-16-5(1-15)7(6)9(12,13)14/h2-3,8H. The highest BCUT2D eigenvalue weighted by Gasteiger charge is 2.40. The second-order valence-electron chi connectivity index (χ2n) is 2.88. The van der Waals surface area contributed by atoms with Crippen LogP contribution in [0.3, 0.4) is 0 Å². The van der Waals surface area contributed by atoms with Gasteiger partial charge in [0, 0.05) is 17.3 Å². The molecule has 0 atom stereocenters. The fourth-order valence-corrected chi connectivity index (χ4v) is 1.24. The second-order valence-corrected chi connectivity index (χ2v) is 2.88. The molecule has 0 aliphatic rings.